The number of aryl methyl sites for hydroxylation is 1. The average molecular weight is 513 g/mol. The number of aliphatic imine (C=N–C) groups is 1. The van der Waals surface area contributed by atoms with Crippen LogP contribution in [0.3, 0.4) is 0 Å². The van der Waals surface area contributed by atoms with Gasteiger partial charge in [-0.1, -0.05) is 38.1 Å². The molecule has 0 saturated carbocycles. The van der Waals surface area contributed by atoms with Crippen LogP contribution in [0.4, 0.5) is 0 Å². The number of hydrogen-bond donors (Lipinski definition) is 2. The normalized spacial score (nSPS) is 15.7. The first-order valence-corrected chi connectivity index (χ1v) is 10.5. The predicted molar refractivity (Wildman–Crippen MR) is 130 cm³/mol. The van der Waals surface area contributed by atoms with Crippen LogP contribution in [-0.2, 0) is 19.5 Å². The zero-order valence-electron chi connectivity index (χ0n) is 17.2. The Bertz CT molecular complexity index is 774. The van der Waals surface area contributed by atoms with Gasteiger partial charge in [-0.15, -0.1) is 35.3 Å². The highest BCUT2D eigenvalue weighted by Crippen LogP contribution is 2.22. The minimum atomic E-state index is 0. The molecule has 0 bridgehead atoms. The number of benzene rings is 1. The standard InChI is InChI=1S/C21H31N5S.HI/c1-15(2)19(26-10-9-17-7-5-6-8-18(17)14-26)12-24-21(22-4)25-13-20-23-11-16(3)27-20;/h5-8,11,15,19H,9-10,12-14H2,1-4H3,(H2,22,24,25);1H. The fourth-order valence-corrected chi connectivity index (χ4v) is 4.38. The molecule has 28 heavy (non-hydrogen) atoms. The van der Waals surface area contributed by atoms with E-state index in [1.54, 1.807) is 11.3 Å². The Morgan fingerprint density at radius 1 is 1.25 bits per heavy atom. The number of thiazole rings is 1. The number of halogens is 1. The third-order valence-electron chi connectivity index (χ3n) is 5.18. The monoisotopic (exact) mass is 513 g/mol. The fourth-order valence-electron chi connectivity index (χ4n) is 3.65. The molecule has 2 aromatic rings. The van der Waals surface area contributed by atoms with Crippen molar-refractivity contribution in [1.82, 2.24) is 20.5 Å². The molecule has 0 fully saturated rings. The summed E-state index contributed by atoms with van der Waals surface area (Å²) in [5.41, 5.74) is 2.97. The van der Waals surface area contributed by atoms with Gasteiger partial charge in [0.2, 0.25) is 0 Å². The summed E-state index contributed by atoms with van der Waals surface area (Å²) in [7, 11) is 1.82. The Morgan fingerprint density at radius 3 is 2.64 bits per heavy atom. The van der Waals surface area contributed by atoms with Crippen LogP contribution in [-0.4, -0.2) is 42.0 Å². The van der Waals surface area contributed by atoms with Crippen molar-refractivity contribution >= 4 is 41.3 Å². The zero-order valence-corrected chi connectivity index (χ0v) is 20.4. The first-order chi connectivity index (χ1) is 13.1. The van der Waals surface area contributed by atoms with Gasteiger partial charge in [-0.25, -0.2) is 4.98 Å². The lowest BCUT2D eigenvalue weighted by Crippen LogP contribution is -2.50. The Labute approximate surface area is 190 Å². The SMILES string of the molecule is CN=C(NCc1ncc(C)s1)NCC(C(C)C)N1CCc2ccccc2C1.I. The lowest BCUT2D eigenvalue weighted by molar-refractivity contribution is 0.140. The van der Waals surface area contributed by atoms with E-state index < -0.39 is 0 Å². The first kappa shape index (κ1) is 23.1. The van der Waals surface area contributed by atoms with Crippen LogP contribution in [0.25, 0.3) is 0 Å². The molecule has 1 aromatic heterocycles. The van der Waals surface area contributed by atoms with E-state index in [-0.39, 0.29) is 24.0 Å². The Morgan fingerprint density at radius 2 is 2.00 bits per heavy atom. The van der Waals surface area contributed by atoms with Gasteiger partial charge in [0.1, 0.15) is 5.01 Å². The second-order valence-electron chi connectivity index (χ2n) is 7.47. The van der Waals surface area contributed by atoms with E-state index in [9.17, 15) is 0 Å². The van der Waals surface area contributed by atoms with Crippen molar-refractivity contribution in [1.29, 1.82) is 0 Å². The molecule has 1 atom stereocenters. The summed E-state index contributed by atoms with van der Waals surface area (Å²) >= 11 is 1.72. The lowest BCUT2D eigenvalue weighted by atomic mass is 9.95. The number of fused-ring (bicyclic) bond motifs is 1. The van der Waals surface area contributed by atoms with Gasteiger partial charge in [0.25, 0.3) is 0 Å². The molecule has 0 saturated heterocycles. The molecular weight excluding hydrogens is 481 g/mol. The smallest absolute Gasteiger partial charge is 0.191 e. The molecule has 2 N–H and O–H groups in total. The molecule has 0 radical (unpaired) electrons. The van der Waals surface area contributed by atoms with Crippen molar-refractivity contribution in [3.8, 4) is 0 Å². The highest BCUT2D eigenvalue weighted by molar-refractivity contribution is 14.0. The van der Waals surface area contributed by atoms with E-state index in [1.807, 2.05) is 13.2 Å². The molecule has 1 unspecified atom stereocenters. The highest BCUT2D eigenvalue weighted by atomic mass is 127. The zero-order chi connectivity index (χ0) is 19.2. The van der Waals surface area contributed by atoms with Crippen LogP contribution >= 0.6 is 35.3 Å². The maximum atomic E-state index is 4.41. The summed E-state index contributed by atoms with van der Waals surface area (Å²) < 4.78 is 0. The van der Waals surface area contributed by atoms with Gasteiger partial charge in [-0.05, 0) is 30.4 Å². The van der Waals surface area contributed by atoms with E-state index in [1.165, 1.54) is 16.0 Å². The first-order valence-electron chi connectivity index (χ1n) is 9.73. The Balaban J connectivity index is 0.00000280. The second-order valence-corrected chi connectivity index (χ2v) is 8.79. The summed E-state index contributed by atoms with van der Waals surface area (Å²) in [6, 6.07) is 9.30. The molecule has 0 spiro atoms. The third-order valence-corrected chi connectivity index (χ3v) is 6.09. The average Bonchev–Trinajstić information content (AvgIpc) is 3.09. The van der Waals surface area contributed by atoms with Gasteiger partial charge < -0.3 is 10.6 Å². The predicted octanol–water partition coefficient (Wildman–Crippen LogP) is 3.82. The maximum absolute atomic E-state index is 4.41. The van der Waals surface area contributed by atoms with E-state index in [0.29, 0.717) is 18.5 Å². The summed E-state index contributed by atoms with van der Waals surface area (Å²) in [6.07, 6.45) is 3.05. The molecule has 0 aliphatic carbocycles. The van der Waals surface area contributed by atoms with Crippen LogP contribution in [0.15, 0.2) is 35.5 Å². The lowest BCUT2D eigenvalue weighted by Gasteiger charge is -2.38. The van der Waals surface area contributed by atoms with Crippen molar-refractivity contribution in [3.63, 3.8) is 0 Å². The summed E-state index contributed by atoms with van der Waals surface area (Å²) in [6.45, 7) is 10.4. The minimum absolute atomic E-state index is 0. The van der Waals surface area contributed by atoms with E-state index in [2.05, 4.69) is 70.5 Å². The quantitative estimate of drug-likeness (QED) is 0.351. The van der Waals surface area contributed by atoms with Gasteiger partial charge in [0, 0.05) is 43.8 Å². The van der Waals surface area contributed by atoms with Crippen LogP contribution in [0.5, 0.6) is 0 Å². The van der Waals surface area contributed by atoms with Gasteiger partial charge in [-0.3, -0.25) is 9.89 Å². The molecule has 3 rings (SSSR count). The molecule has 0 amide bonds. The number of nitrogens with one attached hydrogen (secondary N) is 2. The van der Waals surface area contributed by atoms with Crippen LogP contribution < -0.4 is 10.6 Å². The van der Waals surface area contributed by atoms with Crippen molar-refractivity contribution < 1.29 is 0 Å². The minimum Gasteiger partial charge on any atom is -0.355 e. The number of aromatic nitrogens is 1. The highest BCUT2D eigenvalue weighted by Gasteiger charge is 2.25. The number of rotatable bonds is 6. The molecule has 154 valence electrons. The summed E-state index contributed by atoms with van der Waals surface area (Å²) in [5, 5.41) is 7.99. The van der Waals surface area contributed by atoms with Crippen molar-refractivity contribution in [2.45, 2.75) is 46.3 Å². The maximum Gasteiger partial charge on any atom is 0.191 e. The molecule has 7 heteroatoms. The molecule has 1 aliphatic heterocycles. The van der Waals surface area contributed by atoms with Crippen molar-refractivity contribution in [3.05, 3.63) is 51.5 Å². The number of nitrogens with zero attached hydrogens (tertiary/aromatic N) is 3. The topological polar surface area (TPSA) is 52.6 Å². The molecular formula is C21H32IN5S. The molecule has 1 aliphatic rings. The number of hydrogen-bond acceptors (Lipinski definition) is 4. The Hall–Kier alpha value is -1.19. The summed E-state index contributed by atoms with van der Waals surface area (Å²) in [5.74, 6) is 1.41. The van der Waals surface area contributed by atoms with Crippen molar-refractivity contribution in [2.75, 3.05) is 20.1 Å². The van der Waals surface area contributed by atoms with E-state index in [0.717, 1.165) is 37.0 Å². The van der Waals surface area contributed by atoms with Crippen LogP contribution in [0, 0.1) is 12.8 Å². The van der Waals surface area contributed by atoms with Crippen LogP contribution in [0.1, 0.15) is 34.9 Å². The van der Waals surface area contributed by atoms with Crippen molar-refractivity contribution in [2.24, 2.45) is 10.9 Å². The largest absolute Gasteiger partial charge is 0.355 e. The third kappa shape index (κ3) is 6.15. The fraction of sp³-hybridized carbons (Fsp3) is 0.524. The molecule has 2 heterocycles. The van der Waals surface area contributed by atoms with Gasteiger partial charge in [0.05, 0.1) is 6.54 Å². The van der Waals surface area contributed by atoms with Gasteiger partial charge >= 0.3 is 0 Å². The molecule has 5 nitrogen and oxygen atoms in total. The van der Waals surface area contributed by atoms with E-state index in [4.69, 9.17) is 0 Å². The Kier molecular flexibility index (Phi) is 9.17. The second kappa shape index (κ2) is 11.1. The molecule has 1 aromatic carbocycles. The number of guanidine groups is 1. The van der Waals surface area contributed by atoms with Crippen LogP contribution in [0.2, 0.25) is 0 Å². The van der Waals surface area contributed by atoms with E-state index >= 15 is 0 Å². The van der Waals surface area contributed by atoms with Gasteiger partial charge in [0.15, 0.2) is 5.96 Å². The van der Waals surface area contributed by atoms with Gasteiger partial charge in [-0.2, -0.15) is 0 Å². The summed E-state index contributed by atoms with van der Waals surface area (Å²) in [4.78, 5) is 12.6.